The van der Waals surface area contributed by atoms with Crippen LogP contribution in [-0.4, -0.2) is 17.5 Å². The Labute approximate surface area is 117 Å². The minimum atomic E-state index is 0.815. The van der Waals surface area contributed by atoms with Gasteiger partial charge in [-0.1, -0.05) is 44.2 Å². The molecule has 1 aliphatic carbocycles. The Morgan fingerprint density at radius 1 is 1.00 bits per heavy atom. The van der Waals surface area contributed by atoms with E-state index in [4.69, 9.17) is 5.73 Å². The number of nitrogens with two attached hydrogens (primary N) is 1. The molecule has 1 aromatic carbocycles. The Morgan fingerprint density at radius 2 is 1.74 bits per heavy atom. The number of rotatable bonds is 1. The third-order valence-corrected chi connectivity index (χ3v) is 4.92. The standard InChI is InChI=1S/C17H26N2/c18-17-10-6-7-14-13-19(12-11-16(14)17)15-8-4-2-1-3-5-9-15/h6-7,10,15H,1-5,8-9,11-13,18H2. The van der Waals surface area contributed by atoms with Gasteiger partial charge in [0.05, 0.1) is 0 Å². The molecule has 2 N–H and O–H groups in total. The van der Waals surface area contributed by atoms with Crippen LogP contribution in [0.2, 0.25) is 0 Å². The molecule has 3 rings (SSSR count). The fourth-order valence-electron chi connectivity index (χ4n) is 3.77. The van der Waals surface area contributed by atoms with E-state index >= 15 is 0 Å². The fraction of sp³-hybridized carbons (Fsp3) is 0.647. The number of fused-ring (bicyclic) bond motifs is 1. The second-order valence-corrected chi connectivity index (χ2v) is 6.20. The molecule has 0 bridgehead atoms. The first-order valence-electron chi connectivity index (χ1n) is 7.95. The predicted molar refractivity (Wildman–Crippen MR) is 81.1 cm³/mol. The maximum atomic E-state index is 6.09. The first kappa shape index (κ1) is 13.0. The van der Waals surface area contributed by atoms with E-state index in [-0.39, 0.29) is 0 Å². The van der Waals surface area contributed by atoms with Crippen LogP contribution >= 0.6 is 0 Å². The van der Waals surface area contributed by atoms with Crippen molar-refractivity contribution in [3.63, 3.8) is 0 Å². The summed E-state index contributed by atoms with van der Waals surface area (Å²) < 4.78 is 0. The van der Waals surface area contributed by atoms with Gasteiger partial charge in [0.25, 0.3) is 0 Å². The van der Waals surface area contributed by atoms with Gasteiger partial charge < -0.3 is 5.73 Å². The van der Waals surface area contributed by atoms with Crippen molar-refractivity contribution in [2.24, 2.45) is 0 Å². The summed E-state index contributed by atoms with van der Waals surface area (Å²) in [6.45, 7) is 2.32. The molecule has 0 aromatic heterocycles. The molecule has 0 spiro atoms. The lowest BCUT2D eigenvalue weighted by molar-refractivity contribution is 0.150. The number of nitrogen functional groups attached to an aromatic ring is 1. The van der Waals surface area contributed by atoms with Gasteiger partial charge in [0.15, 0.2) is 0 Å². The van der Waals surface area contributed by atoms with E-state index in [1.807, 2.05) is 6.07 Å². The third kappa shape index (κ3) is 2.94. The van der Waals surface area contributed by atoms with E-state index < -0.39 is 0 Å². The van der Waals surface area contributed by atoms with Crippen molar-refractivity contribution in [1.29, 1.82) is 0 Å². The van der Waals surface area contributed by atoms with E-state index in [0.29, 0.717) is 0 Å². The van der Waals surface area contributed by atoms with E-state index in [1.165, 1.54) is 62.6 Å². The summed E-state index contributed by atoms with van der Waals surface area (Å²) in [5, 5.41) is 0. The zero-order chi connectivity index (χ0) is 13.1. The number of hydrogen-bond acceptors (Lipinski definition) is 2. The van der Waals surface area contributed by atoms with Crippen LogP contribution in [0.4, 0.5) is 5.69 Å². The lowest BCUT2D eigenvalue weighted by Gasteiger charge is -2.37. The predicted octanol–water partition coefficient (Wildman–Crippen LogP) is 3.74. The van der Waals surface area contributed by atoms with E-state index in [2.05, 4.69) is 17.0 Å². The number of nitrogens with zero attached hydrogens (tertiary/aromatic N) is 1. The van der Waals surface area contributed by atoms with Crippen LogP contribution < -0.4 is 5.73 Å². The lowest BCUT2D eigenvalue weighted by Crippen LogP contribution is -2.39. The second-order valence-electron chi connectivity index (χ2n) is 6.20. The SMILES string of the molecule is Nc1cccc2c1CCN(C1CCCCCCC1)C2. The quantitative estimate of drug-likeness (QED) is 0.778. The van der Waals surface area contributed by atoms with Crippen LogP contribution in [0.25, 0.3) is 0 Å². The van der Waals surface area contributed by atoms with E-state index in [0.717, 1.165) is 24.7 Å². The van der Waals surface area contributed by atoms with E-state index in [1.54, 1.807) is 0 Å². The second kappa shape index (κ2) is 5.96. The van der Waals surface area contributed by atoms with Crippen LogP contribution in [0.3, 0.4) is 0 Å². The third-order valence-electron chi connectivity index (χ3n) is 4.92. The minimum absolute atomic E-state index is 0.815. The van der Waals surface area contributed by atoms with Crippen molar-refractivity contribution < 1.29 is 0 Å². The first-order chi connectivity index (χ1) is 9.34. The molecule has 0 saturated heterocycles. The highest BCUT2D eigenvalue weighted by Gasteiger charge is 2.24. The lowest BCUT2D eigenvalue weighted by atomic mass is 9.92. The smallest absolute Gasteiger partial charge is 0.0350 e. The molecule has 0 amide bonds. The minimum Gasteiger partial charge on any atom is -0.398 e. The van der Waals surface area contributed by atoms with Crippen molar-refractivity contribution in [2.45, 2.75) is 64.0 Å². The van der Waals surface area contributed by atoms with Gasteiger partial charge in [-0.15, -0.1) is 0 Å². The summed E-state index contributed by atoms with van der Waals surface area (Å²) in [5.41, 5.74) is 9.96. The monoisotopic (exact) mass is 258 g/mol. The Hall–Kier alpha value is -1.02. The summed E-state index contributed by atoms with van der Waals surface area (Å²) in [5.74, 6) is 0. The number of anilines is 1. The fourth-order valence-corrected chi connectivity index (χ4v) is 3.77. The van der Waals surface area contributed by atoms with Gasteiger partial charge in [-0.05, 0) is 36.5 Å². The van der Waals surface area contributed by atoms with Gasteiger partial charge in [-0.25, -0.2) is 0 Å². The molecule has 1 saturated carbocycles. The van der Waals surface area contributed by atoms with Gasteiger partial charge in [0.2, 0.25) is 0 Å². The zero-order valence-corrected chi connectivity index (χ0v) is 11.9. The summed E-state index contributed by atoms with van der Waals surface area (Å²) >= 11 is 0. The van der Waals surface area contributed by atoms with Crippen molar-refractivity contribution in [2.75, 3.05) is 12.3 Å². The topological polar surface area (TPSA) is 29.3 Å². The molecule has 1 aromatic rings. The molecule has 19 heavy (non-hydrogen) atoms. The van der Waals surface area contributed by atoms with E-state index in [9.17, 15) is 0 Å². The van der Waals surface area contributed by atoms with Crippen LogP contribution in [0.15, 0.2) is 18.2 Å². The molecule has 2 nitrogen and oxygen atoms in total. The molecular formula is C17H26N2. The van der Waals surface area contributed by atoms with Crippen LogP contribution in [0.5, 0.6) is 0 Å². The molecule has 2 heteroatoms. The molecule has 0 atom stereocenters. The van der Waals surface area contributed by atoms with Crippen molar-refractivity contribution in [1.82, 2.24) is 4.90 Å². The Kier molecular flexibility index (Phi) is 4.07. The normalized spacial score (nSPS) is 22.5. The highest BCUT2D eigenvalue weighted by atomic mass is 15.2. The van der Waals surface area contributed by atoms with Crippen molar-refractivity contribution in [3.05, 3.63) is 29.3 Å². The molecular weight excluding hydrogens is 232 g/mol. The van der Waals surface area contributed by atoms with Gasteiger partial charge in [0.1, 0.15) is 0 Å². The van der Waals surface area contributed by atoms with Crippen molar-refractivity contribution >= 4 is 5.69 Å². The molecule has 0 unspecified atom stereocenters. The molecule has 0 radical (unpaired) electrons. The molecule has 1 heterocycles. The maximum absolute atomic E-state index is 6.09. The molecule has 2 aliphatic rings. The summed E-state index contributed by atoms with van der Waals surface area (Å²) in [7, 11) is 0. The van der Waals surface area contributed by atoms with Gasteiger partial charge >= 0.3 is 0 Å². The van der Waals surface area contributed by atoms with Gasteiger partial charge in [-0.2, -0.15) is 0 Å². The largest absolute Gasteiger partial charge is 0.398 e. The highest BCUT2D eigenvalue weighted by molar-refractivity contribution is 5.51. The average molecular weight is 258 g/mol. The first-order valence-corrected chi connectivity index (χ1v) is 7.95. The van der Waals surface area contributed by atoms with Crippen LogP contribution in [0, 0.1) is 0 Å². The average Bonchev–Trinajstić information content (AvgIpc) is 2.38. The maximum Gasteiger partial charge on any atom is 0.0350 e. The molecule has 104 valence electrons. The highest BCUT2D eigenvalue weighted by Crippen LogP contribution is 2.29. The summed E-state index contributed by atoms with van der Waals surface area (Å²) in [4.78, 5) is 2.72. The Bertz CT molecular complexity index is 419. The van der Waals surface area contributed by atoms with Crippen molar-refractivity contribution in [3.8, 4) is 0 Å². The number of hydrogen-bond donors (Lipinski definition) is 1. The molecule has 1 fully saturated rings. The van der Waals surface area contributed by atoms with Crippen LogP contribution in [-0.2, 0) is 13.0 Å². The van der Waals surface area contributed by atoms with Crippen LogP contribution in [0.1, 0.15) is 56.1 Å². The Morgan fingerprint density at radius 3 is 2.53 bits per heavy atom. The van der Waals surface area contributed by atoms with Gasteiger partial charge in [-0.3, -0.25) is 4.90 Å². The van der Waals surface area contributed by atoms with Gasteiger partial charge in [0, 0.05) is 24.8 Å². The zero-order valence-electron chi connectivity index (χ0n) is 11.9. The summed E-state index contributed by atoms with van der Waals surface area (Å²) in [6.07, 6.45) is 11.1. The Balaban J connectivity index is 1.70. The summed E-state index contributed by atoms with van der Waals surface area (Å²) in [6, 6.07) is 7.23. The number of benzene rings is 1. The molecule has 1 aliphatic heterocycles.